The highest BCUT2D eigenvalue weighted by molar-refractivity contribution is 7.93. The lowest BCUT2D eigenvalue weighted by atomic mass is 10.1. The summed E-state index contributed by atoms with van der Waals surface area (Å²) in [5.74, 6) is 0.220. The van der Waals surface area contributed by atoms with Crippen molar-refractivity contribution in [2.75, 3.05) is 19.8 Å². The summed E-state index contributed by atoms with van der Waals surface area (Å²) in [5, 5.41) is 0.382. The van der Waals surface area contributed by atoms with Gasteiger partial charge in [-0.2, -0.15) is 0 Å². The number of halogens is 1. The van der Waals surface area contributed by atoms with Crippen molar-refractivity contribution in [2.24, 2.45) is 0 Å². The zero-order valence-electron chi connectivity index (χ0n) is 16.0. The van der Waals surface area contributed by atoms with E-state index in [0.29, 0.717) is 24.7 Å². The molecule has 0 spiro atoms. The Kier molecular flexibility index (Phi) is 6.02. The molecule has 1 aliphatic rings. The maximum Gasteiger partial charge on any atom is 0.240 e. The van der Waals surface area contributed by atoms with Crippen LogP contribution < -0.4 is 14.2 Å². The first-order valence-corrected chi connectivity index (χ1v) is 13.1. The third kappa shape index (κ3) is 4.59. The van der Waals surface area contributed by atoms with E-state index >= 15 is 0 Å². The van der Waals surface area contributed by atoms with Gasteiger partial charge in [-0.05, 0) is 41.3 Å². The minimum Gasteiger partial charge on any atom is -0.486 e. The summed E-state index contributed by atoms with van der Waals surface area (Å²) in [6.07, 6.45) is 0. The maximum absolute atomic E-state index is 13.4. The van der Waals surface area contributed by atoms with Crippen LogP contribution in [-0.2, 0) is 19.9 Å². The fourth-order valence-corrected chi connectivity index (χ4v) is 7.14. The van der Waals surface area contributed by atoms with Crippen LogP contribution in [0, 0.1) is 5.82 Å². The highest BCUT2D eigenvalue weighted by atomic mass is 32.2. The van der Waals surface area contributed by atoms with E-state index in [-0.39, 0.29) is 14.7 Å². The topological polar surface area (TPSA) is 98.8 Å². The van der Waals surface area contributed by atoms with Crippen molar-refractivity contribution in [3.05, 3.63) is 71.4 Å². The average Bonchev–Trinajstić information content (AvgIpc) is 3.30. The molecule has 0 unspecified atom stereocenters. The van der Waals surface area contributed by atoms with Gasteiger partial charge in [0.2, 0.25) is 10.0 Å². The van der Waals surface area contributed by atoms with Gasteiger partial charge in [0.25, 0.3) is 0 Å². The number of thiophene rings is 1. The molecule has 0 bridgehead atoms. The quantitative estimate of drug-likeness (QED) is 0.554. The lowest BCUT2D eigenvalue weighted by Gasteiger charge is -2.20. The summed E-state index contributed by atoms with van der Waals surface area (Å²) >= 11 is 1.03. The first-order valence-electron chi connectivity index (χ1n) is 9.19. The second-order valence-corrected chi connectivity index (χ2v) is 11.7. The summed E-state index contributed by atoms with van der Waals surface area (Å²) in [6.45, 7) is 0.246. The van der Waals surface area contributed by atoms with Crippen molar-refractivity contribution in [1.29, 1.82) is 0 Å². The highest BCUT2D eigenvalue weighted by Gasteiger charge is 2.32. The summed E-state index contributed by atoms with van der Waals surface area (Å²) in [6, 6.07) is 12.2. The lowest BCUT2D eigenvalue weighted by molar-refractivity contribution is 0.171. The first-order chi connectivity index (χ1) is 14.8. The summed E-state index contributed by atoms with van der Waals surface area (Å²) in [7, 11) is -7.97. The molecule has 0 amide bonds. The molecule has 4 rings (SSSR count). The molecule has 2 heterocycles. The molecule has 1 aliphatic heterocycles. The van der Waals surface area contributed by atoms with E-state index in [4.69, 9.17) is 9.47 Å². The van der Waals surface area contributed by atoms with E-state index in [1.54, 1.807) is 11.4 Å². The molecule has 1 atom stereocenters. The maximum atomic E-state index is 13.4. The number of hydrogen-bond acceptors (Lipinski definition) is 7. The monoisotopic (exact) mass is 483 g/mol. The van der Waals surface area contributed by atoms with Crippen molar-refractivity contribution in [2.45, 2.75) is 14.4 Å². The summed E-state index contributed by atoms with van der Waals surface area (Å²) in [4.78, 5) is -0.0804. The fraction of sp³-hybridized carbons (Fsp3) is 0.200. The van der Waals surface area contributed by atoms with Crippen LogP contribution >= 0.6 is 11.3 Å². The van der Waals surface area contributed by atoms with Gasteiger partial charge in [-0.1, -0.05) is 18.2 Å². The van der Waals surface area contributed by atoms with Crippen LogP contribution in [0.3, 0.4) is 0 Å². The molecule has 2 aromatic carbocycles. The van der Waals surface area contributed by atoms with Gasteiger partial charge >= 0.3 is 0 Å². The number of benzene rings is 2. The number of rotatable bonds is 7. The Morgan fingerprint density at radius 1 is 0.968 bits per heavy atom. The van der Waals surface area contributed by atoms with Gasteiger partial charge in [0.1, 0.15) is 28.5 Å². The van der Waals surface area contributed by atoms with E-state index in [2.05, 4.69) is 4.72 Å². The number of sulfonamides is 1. The Labute approximate surface area is 183 Å². The standard InChI is InChI=1S/C20H18FNO6S3/c21-15-5-3-14(4-6-15)19(30(23,24)20-2-1-11-29-20)13-22-31(25,26)16-7-8-17-18(12-16)28-10-9-27-17/h1-8,11-12,19,22H,9-10,13H2/t19-/m1/s1. The highest BCUT2D eigenvalue weighted by Crippen LogP contribution is 2.34. The smallest absolute Gasteiger partial charge is 0.240 e. The molecule has 1 N–H and O–H groups in total. The molecule has 0 radical (unpaired) electrons. The second-order valence-electron chi connectivity index (χ2n) is 6.67. The molecule has 0 fully saturated rings. The van der Waals surface area contributed by atoms with Crippen molar-refractivity contribution >= 4 is 31.2 Å². The number of hydrogen-bond donors (Lipinski definition) is 1. The SMILES string of the molecule is O=S(=O)(NC[C@H](c1ccc(F)cc1)S(=O)(=O)c1cccs1)c1ccc2c(c1)OCCO2. The summed E-state index contributed by atoms with van der Waals surface area (Å²) < 4.78 is 78.7. The number of fused-ring (bicyclic) bond motifs is 1. The van der Waals surface area contributed by atoms with Crippen LogP contribution in [0.25, 0.3) is 0 Å². The van der Waals surface area contributed by atoms with E-state index in [1.807, 2.05) is 0 Å². The minimum atomic E-state index is -4.05. The van der Waals surface area contributed by atoms with Gasteiger partial charge in [-0.3, -0.25) is 0 Å². The molecule has 164 valence electrons. The Hall–Kier alpha value is -2.47. The fourth-order valence-electron chi connectivity index (χ4n) is 3.11. The second kappa shape index (κ2) is 8.58. The van der Waals surface area contributed by atoms with Crippen LogP contribution in [0.15, 0.2) is 69.1 Å². The summed E-state index contributed by atoms with van der Waals surface area (Å²) in [5.41, 5.74) is 0.277. The first kappa shape index (κ1) is 21.8. The van der Waals surface area contributed by atoms with Crippen molar-refractivity contribution in [1.82, 2.24) is 4.72 Å². The van der Waals surface area contributed by atoms with E-state index < -0.39 is 37.5 Å². The Morgan fingerprint density at radius 3 is 2.35 bits per heavy atom. The molecule has 3 aromatic rings. The molecule has 31 heavy (non-hydrogen) atoms. The van der Waals surface area contributed by atoms with Crippen molar-refractivity contribution in [3.63, 3.8) is 0 Å². The third-order valence-electron chi connectivity index (χ3n) is 4.67. The van der Waals surface area contributed by atoms with Crippen LogP contribution in [0.1, 0.15) is 10.8 Å². The molecule has 0 saturated heterocycles. The van der Waals surface area contributed by atoms with Crippen LogP contribution in [0.2, 0.25) is 0 Å². The van der Waals surface area contributed by atoms with E-state index in [0.717, 1.165) is 23.5 Å². The lowest BCUT2D eigenvalue weighted by Crippen LogP contribution is -2.32. The molecular weight excluding hydrogens is 465 g/mol. The zero-order valence-corrected chi connectivity index (χ0v) is 18.5. The normalized spacial score (nSPS) is 14.9. The molecule has 0 aliphatic carbocycles. The van der Waals surface area contributed by atoms with E-state index in [1.165, 1.54) is 36.4 Å². The molecule has 7 nitrogen and oxygen atoms in total. The number of nitrogens with one attached hydrogen (secondary N) is 1. The molecule has 1 aromatic heterocycles. The minimum absolute atomic E-state index is 0.0804. The van der Waals surface area contributed by atoms with Gasteiger partial charge in [-0.25, -0.2) is 25.9 Å². The largest absolute Gasteiger partial charge is 0.486 e. The molecule has 11 heteroatoms. The van der Waals surface area contributed by atoms with Gasteiger partial charge in [0, 0.05) is 12.6 Å². The van der Waals surface area contributed by atoms with Crippen molar-refractivity contribution < 1.29 is 30.7 Å². The predicted molar refractivity (Wildman–Crippen MR) is 113 cm³/mol. The van der Waals surface area contributed by atoms with Gasteiger partial charge < -0.3 is 9.47 Å². The van der Waals surface area contributed by atoms with Crippen LogP contribution in [0.4, 0.5) is 4.39 Å². The number of ether oxygens (including phenoxy) is 2. The average molecular weight is 484 g/mol. The zero-order chi connectivity index (χ0) is 22.1. The van der Waals surface area contributed by atoms with Crippen LogP contribution in [0.5, 0.6) is 11.5 Å². The molecular formula is C20H18FNO6S3. The Bertz CT molecular complexity index is 1270. The van der Waals surface area contributed by atoms with Gasteiger partial charge in [0.05, 0.1) is 4.90 Å². The molecule has 0 saturated carbocycles. The Balaban J connectivity index is 1.63. The number of sulfone groups is 1. The predicted octanol–water partition coefficient (Wildman–Crippen LogP) is 3.15. The van der Waals surface area contributed by atoms with Crippen LogP contribution in [-0.4, -0.2) is 36.6 Å². The Morgan fingerprint density at radius 2 is 1.68 bits per heavy atom. The third-order valence-corrected chi connectivity index (χ3v) is 9.63. The van der Waals surface area contributed by atoms with E-state index in [9.17, 15) is 21.2 Å². The van der Waals surface area contributed by atoms with Gasteiger partial charge in [0.15, 0.2) is 21.3 Å². The van der Waals surface area contributed by atoms with Crippen molar-refractivity contribution in [3.8, 4) is 11.5 Å². The van der Waals surface area contributed by atoms with Gasteiger partial charge in [-0.15, -0.1) is 11.3 Å².